The molecule has 0 atom stereocenters. The van der Waals surface area contributed by atoms with Crippen molar-refractivity contribution in [1.29, 1.82) is 0 Å². The minimum absolute atomic E-state index is 0.237. The van der Waals surface area contributed by atoms with E-state index >= 15 is 0 Å². The first-order valence-electron chi connectivity index (χ1n) is 10.6. The number of nitrogens with one attached hydrogen (secondary N) is 1. The monoisotopic (exact) mass is 434 g/mol. The van der Waals surface area contributed by atoms with Crippen LogP contribution in [0.2, 0.25) is 0 Å². The van der Waals surface area contributed by atoms with Gasteiger partial charge in [0.1, 0.15) is 11.5 Å². The van der Waals surface area contributed by atoms with Crippen LogP contribution in [0.15, 0.2) is 72.8 Å². The van der Waals surface area contributed by atoms with E-state index in [2.05, 4.69) is 34.5 Å². The Bertz CT molecular complexity index is 1020. The van der Waals surface area contributed by atoms with Crippen LogP contribution in [0.4, 0.5) is 5.69 Å². The highest BCUT2D eigenvalue weighted by molar-refractivity contribution is 6.18. The molecule has 0 saturated carbocycles. The van der Waals surface area contributed by atoms with Crippen LogP contribution in [0, 0.1) is 0 Å². The van der Waals surface area contributed by atoms with E-state index < -0.39 is 0 Å². The highest BCUT2D eigenvalue weighted by Crippen LogP contribution is 2.36. The molecule has 1 saturated heterocycles. The number of halogens is 1. The van der Waals surface area contributed by atoms with E-state index in [1.807, 2.05) is 24.3 Å². The van der Waals surface area contributed by atoms with Crippen LogP contribution < -0.4 is 10.2 Å². The van der Waals surface area contributed by atoms with Gasteiger partial charge in [-0.05, 0) is 70.7 Å². The summed E-state index contributed by atoms with van der Waals surface area (Å²) < 4.78 is 0. The molecule has 1 heterocycles. The second kappa shape index (κ2) is 9.90. The van der Waals surface area contributed by atoms with Gasteiger partial charge in [-0.1, -0.05) is 36.4 Å². The molecule has 1 aliphatic heterocycles. The van der Waals surface area contributed by atoms with Crippen molar-refractivity contribution < 1.29 is 10.2 Å². The summed E-state index contributed by atoms with van der Waals surface area (Å²) in [7, 11) is 0. The van der Waals surface area contributed by atoms with E-state index in [9.17, 15) is 10.2 Å². The predicted molar refractivity (Wildman–Crippen MR) is 129 cm³/mol. The number of benzene rings is 3. The second-order valence-corrected chi connectivity index (χ2v) is 8.05. The van der Waals surface area contributed by atoms with Gasteiger partial charge in [-0.25, -0.2) is 0 Å². The molecule has 0 unspecified atom stereocenters. The van der Waals surface area contributed by atoms with Crippen molar-refractivity contribution in [2.45, 2.75) is 6.42 Å². The maximum Gasteiger partial charge on any atom is 0.115 e. The molecule has 0 spiro atoms. The molecule has 0 aromatic heterocycles. The first-order valence-corrected chi connectivity index (χ1v) is 11.1. The topological polar surface area (TPSA) is 55.7 Å². The number of aromatic hydroxyl groups is 2. The number of nitrogens with zero attached hydrogens (tertiary/aromatic N) is 1. The summed E-state index contributed by atoms with van der Waals surface area (Å²) in [6.07, 6.45) is 0.683. The van der Waals surface area contributed by atoms with Gasteiger partial charge in [-0.15, -0.1) is 11.6 Å². The van der Waals surface area contributed by atoms with Crippen LogP contribution in [0.3, 0.4) is 0 Å². The second-order valence-electron chi connectivity index (χ2n) is 7.67. The van der Waals surface area contributed by atoms with E-state index in [0.717, 1.165) is 54.0 Å². The summed E-state index contributed by atoms with van der Waals surface area (Å²) in [5.74, 6) is 0.956. The van der Waals surface area contributed by atoms with Gasteiger partial charge in [-0.3, -0.25) is 0 Å². The van der Waals surface area contributed by atoms with Crippen molar-refractivity contribution in [3.05, 3.63) is 89.5 Å². The number of anilines is 1. The predicted octanol–water partition coefficient (Wildman–Crippen LogP) is 5.10. The zero-order valence-electron chi connectivity index (χ0n) is 17.4. The van der Waals surface area contributed by atoms with Gasteiger partial charge in [-0.2, -0.15) is 0 Å². The third-order valence-electron chi connectivity index (χ3n) is 5.66. The molecule has 0 aliphatic carbocycles. The first-order chi connectivity index (χ1) is 15.2. The molecule has 160 valence electrons. The number of hydrogen-bond acceptors (Lipinski definition) is 4. The zero-order chi connectivity index (χ0) is 21.6. The highest BCUT2D eigenvalue weighted by Gasteiger charge is 2.16. The molecule has 0 amide bonds. The molecule has 3 N–H and O–H groups in total. The molecule has 5 heteroatoms. The van der Waals surface area contributed by atoms with E-state index in [1.54, 1.807) is 24.3 Å². The van der Waals surface area contributed by atoms with Crippen LogP contribution in [0.1, 0.15) is 23.1 Å². The third kappa shape index (κ3) is 5.04. The summed E-state index contributed by atoms with van der Waals surface area (Å²) in [4.78, 5) is 2.39. The molecule has 31 heavy (non-hydrogen) atoms. The maximum absolute atomic E-state index is 9.80. The summed E-state index contributed by atoms with van der Waals surface area (Å²) in [5, 5.41) is 22.9. The quantitative estimate of drug-likeness (QED) is 0.373. The molecule has 4 rings (SSSR count). The van der Waals surface area contributed by atoms with E-state index in [0.29, 0.717) is 12.3 Å². The van der Waals surface area contributed by atoms with Gasteiger partial charge in [0.05, 0.1) is 0 Å². The molecule has 1 aliphatic rings. The van der Waals surface area contributed by atoms with Crippen molar-refractivity contribution in [2.24, 2.45) is 0 Å². The molecule has 4 nitrogen and oxygen atoms in total. The van der Waals surface area contributed by atoms with Gasteiger partial charge in [0.25, 0.3) is 0 Å². The maximum atomic E-state index is 9.80. The number of hydrogen-bond donors (Lipinski definition) is 3. The largest absolute Gasteiger partial charge is 0.508 e. The molecular formula is C26H27ClN2O2. The Morgan fingerprint density at radius 2 is 1.23 bits per heavy atom. The van der Waals surface area contributed by atoms with Crippen molar-refractivity contribution >= 4 is 28.4 Å². The molecule has 3 aromatic rings. The van der Waals surface area contributed by atoms with Gasteiger partial charge in [0.2, 0.25) is 0 Å². The molecule has 0 radical (unpaired) electrons. The lowest BCUT2D eigenvalue weighted by Crippen LogP contribution is -2.43. The Morgan fingerprint density at radius 3 is 1.74 bits per heavy atom. The Hall–Kier alpha value is -2.95. The van der Waals surface area contributed by atoms with Crippen molar-refractivity contribution in [3.63, 3.8) is 0 Å². The lowest BCUT2D eigenvalue weighted by Gasteiger charge is -2.29. The highest BCUT2D eigenvalue weighted by atomic mass is 35.5. The SMILES string of the molecule is Oc1ccc(C(CCCl)=C(c2ccc(O)cc2)c2ccc(N3CCNCC3)cc2)cc1. The molecule has 3 aromatic carbocycles. The number of alkyl halides is 1. The summed E-state index contributed by atoms with van der Waals surface area (Å²) in [5.41, 5.74) is 6.54. The first kappa shape index (κ1) is 21.3. The van der Waals surface area contributed by atoms with Crippen LogP contribution in [0.25, 0.3) is 11.1 Å². The fourth-order valence-corrected chi connectivity index (χ4v) is 4.26. The average Bonchev–Trinajstić information content (AvgIpc) is 2.81. The Kier molecular flexibility index (Phi) is 6.80. The van der Waals surface area contributed by atoms with Crippen molar-refractivity contribution in [2.75, 3.05) is 37.0 Å². The zero-order valence-corrected chi connectivity index (χ0v) is 18.1. The minimum atomic E-state index is 0.237. The summed E-state index contributed by atoms with van der Waals surface area (Å²) in [6, 6.07) is 23.2. The molecule has 0 bridgehead atoms. The normalized spacial score (nSPS) is 14.9. The standard InChI is InChI=1S/C26H27ClN2O2/c27-14-13-25(19-3-9-23(30)10-4-19)26(21-5-11-24(31)12-6-21)20-1-7-22(8-2-20)29-17-15-28-16-18-29/h1-12,28,30-31H,13-18H2. The van der Waals surface area contributed by atoms with Gasteiger partial charge in [0.15, 0.2) is 0 Å². The number of phenolic OH excluding ortho intramolecular Hbond substituents is 2. The van der Waals surface area contributed by atoms with Crippen LogP contribution >= 0.6 is 11.6 Å². The Labute approximate surface area is 188 Å². The number of rotatable bonds is 6. The molecule has 1 fully saturated rings. The third-order valence-corrected chi connectivity index (χ3v) is 5.85. The summed E-state index contributed by atoms with van der Waals surface area (Å²) in [6.45, 7) is 4.01. The van der Waals surface area contributed by atoms with E-state index in [1.165, 1.54) is 5.69 Å². The number of phenols is 2. The fourth-order valence-electron chi connectivity index (χ4n) is 4.08. The van der Waals surface area contributed by atoms with Crippen LogP contribution in [-0.2, 0) is 0 Å². The Balaban J connectivity index is 1.82. The average molecular weight is 435 g/mol. The van der Waals surface area contributed by atoms with E-state index in [-0.39, 0.29) is 11.5 Å². The van der Waals surface area contributed by atoms with E-state index in [4.69, 9.17) is 11.6 Å². The Morgan fingerprint density at radius 1 is 0.742 bits per heavy atom. The van der Waals surface area contributed by atoms with Gasteiger partial charge < -0.3 is 20.4 Å². The van der Waals surface area contributed by atoms with Gasteiger partial charge >= 0.3 is 0 Å². The molecular weight excluding hydrogens is 408 g/mol. The lowest BCUT2D eigenvalue weighted by molar-refractivity contribution is 0.474. The minimum Gasteiger partial charge on any atom is -0.508 e. The van der Waals surface area contributed by atoms with Crippen molar-refractivity contribution in [1.82, 2.24) is 5.32 Å². The van der Waals surface area contributed by atoms with Crippen molar-refractivity contribution in [3.8, 4) is 11.5 Å². The summed E-state index contributed by atoms with van der Waals surface area (Å²) >= 11 is 6.21. The van der Waals surface area contributed by atoms with Crippen LogP contribution in [-0.4, -0.2) is 42.3 Å². The lowest BCUT2D eigenvalue weighted by atomic mass is 9.88. The van der Waals surface area contributed by atoms with Gasteiger partial charge in [0, 0.05) is 37.7 Å². The fraction of sp³-hybridized carbons (Fsp3) is 0.231. The number of piperazine rings is 1. The number of allylic oxidation sites excluding steroid dienone is 1. The van der Waals surface area contributed by atoms with Crippen LogP contribution in [0.5, 0.6) is 11.5 Å². The smallest absolute Gasteiger partial charge is 0.115 e.